The maximum atomic E-state index is 12.4. The molecule has 0 saturated carbocycles. The summed E-state index contributed by atoms with van der Waals surface area (Å²) in [6, 6.07) is 7.01. The van der Waals surface area contributed by atoms with Crippen LogP contribution in [0.5, 0.6) is 0 Å². The third kappa shape index (κ3) is 2.40. The van der Waals surface area contributed by atoms with E-state index in [4.69, 9.17) is 11.6 Å². The van der Waals surface area contributed by atoms with Crippen LogP contribution in [0.25, 0.3) is 0 Å². The van der Waals surface area contributed by atoms with Gasteiger partial charge in [0.25, 0.3) is 5.91 Å². The number of benzene rings is 1. The largest absolute Gasteiger partial charge is 0.342 e. The quantitative estimate of drug-likeness (QED) is 0.793. The van der Waals surface area contributed by atoms with Crippen LogP contribution in [-0.2, 0) is 4.79 Å². The van der Waals surface area contributed by atoms with Gasteiger partial charge in [-0.1, -0.05) is 11.6 Å². The standard InChI is InChI=1S/C15H17ClN2O2/c1-10(19)17-6-12-8-18(9-13(12)7-17)15(20)11-2-4-14(16)5-3-11/h2-5,12-13H,6-9H2,1H3. The average molecular weight is 293 g/mol. The lowest BCUT2D eigenvalue weighted by molar-refractivity contribution is -0.128. The highest BCUT2D eigenvalue weighted by Crippen LogP contribution is 2.31. The van der Waals surface area contributed by atoms with E-state index >= 15 is 0 Å². The van der Waals surface area contributed by atoms with Gasteiger partial charge in [0, 0.05) is 55.5 Å². The first-order valence-electron chi connectivity index (χ1n) is 6.85. The number of hydrogen-bond acceptors (Lipinski definition) is 2. The van der Waals surface area contributed by atoms with Gasteiger partial charge in [-0.25, -0.2) is 0 Å². The number of amides is 2. The van der Waals surface area contributed by atoms with Crippen LogP contribution in [0.3, 0.4) is 0 Å². The van der Waals surface area contributed by atoms with Gasteiger partial charge in [-0.05, 0) is 24.3 Å². The number of likely N-dealkylation sites (tertiary alicyclic amines) is 2. The van der Waals surface area contributed by atoms with Crippen molar-refractivity contribution in [3.63, 3.8) is 0 Å². The molecule has 0 spiro atoms. The number of carbonyl (C=O) groups is 2. The van der Waals surface area contributed by atoms with Gasteiger partial charge in [0.05, 0.1) is 0 Å². The first kappa shape index (κ1) is 13.4. The van der Waals surface area contributed by atoms with E-state index in [1.807, 2.05) is 9.80 Å². The number of fused-ring (bicyclic) bond motifs is 1. The van der Waals surface area contributed by atoms with Gasteiger partial charge in [0.15, 0.2) is 0 Å². The molecule has 2 aliphatic rings. The molecule has 0 radical (unpaired) electrons. The van der Waals surface area contributed by atoms with Gasteiger partial charge >= 0.3 is 0 Å². The molecule has 2 amide bonds. The maximum absolute atomic E-state index is 12.4. The summed E-state index contributed by atoms with van der Waals surface area (Å²) in [5.41, 5.74) is 0.679. The van der Waals surface area contributed by atoms with E-state index in [1.165, 1.54) is 0 Å². The smallest absolute Gasteiger partial charge is 0.253 e. The van der Waals surface area contributed by atoms with Crippen LogP contribution >= 0.6 is 11.6 Å². The normalized spacial score (nSPS) is 24.9. The number of halogens is 1. The molecule has 2 fully saturated rings. The summed E-state index contributed by atoms with van der Waals surface area (Å²) >= 11 is 5.84. The summed E-state index contributed by atoms with van der Waals surface area (Å²) in [6.45, 7) is 4.66. The van der Waals surface area contributed by atoms with Gasteiger partial charge in [-0.3, -0.25) is 9.59 Å². The predicted molar refractivity (Wildman–Crippen MR) is 76.6 cm³/mol. The van der Waals surface area contributed by atoms with Crippen molar-refractivity contribution in [1.82, 2.24) is 9.80 Å². The van der Waals surface area contributed by atoms with Crippen molar-refractivity contribution in [2.24, 2.45) is 11.8 Å². The summed E-state index contributed by atoms with van der Waals surface area (Å²) in [4.78, 5) is 27.6. The Kier molecular flexibility index (Phi) is 3.42. The number of nitrogens with zero attached hydrogens (tertiary/aromatic N) is 2. The zero-order valence-corrected chi connectivity index (χ0v) is 12.1. The zero-order valence-electron chi connectivity index (χ0n) is 11.4. The molecule has 2 saturated heterocycles. The fraction of sp³-hybridized carbons (Fsp3) is 0.467. The van der Waals surface area contributed by atoms with Gasteiger partial charge in [0.1, 0.15) is 0 Å². The minimum Gasteiger partial charge on any atom is -0.342 e. The van der Waals surface area contributed by atoms with E-state index in [1.54, 1.807) is 31.2 Å². The summed E-state index contributed by atoms with van der Waals surface area (Å²) in [5, 5.41) is 0.636. The molecule has 3 rings (SSSR count). The highest BCUT2D eigenvalue weighted by atomic mass is 35.5. The second-order valence-corrected chi connectivity index (χ2v) is 6.10. The molecular formula is C15H17ClN2O2. The van der Waals surface area contributed by atoms with Crippen LogP contribution in [0, 0.1) is 11.8 Å². The molecule has 20 heavy (non-hydrogen) atoms. The van der Waals surface area contributed by atoms with Gasteiger partial charge in [0.2, 0.25) is 5.91 Å². The number of carbonyl (C=O) groups excluding carboxylic acids is 2. The van der Waals surface area contributed by atoms with E-state index in [9.17, 15) is 9.59 Å². The van der Waals surface area contributed by atoms with E-state index in [0.29, 0.717) is 22.4 Å². The maximum Gasteiger partial charge on any atom is 0.253 e. The second kappa shape index (κ2) is 5.09. The van der Waals surface area contributed by atoms with Crippen LogP contribution in [-0.4, -0.2) is 47.8 Å². The molecule has 106 valence electrons. The summed E-state index contributed by atoms with van der Waals surface area (Å²) in [5.74, 6) is 1.05. The lowest BCUT2D eigenvalue weighted by Gasteiger charge is -2.21. The van der Waals surface area contributed by atoms with Crippen molar-refractivity contribution in [3.8, 4) is 0 Å². The van der Waals surface area contributed by atoms with Crippen molar-refractivity contribution in [1.29, 1.82) is 0 Å². The third-order valence-electron chi connectivity index (χ3n) is 4.31. The molecule has 0 N–H and O–H groups in total. The molecule has 1 aromatic rings. The fourth-order valence-electron chi connectivity index (χ4n) is 3.19. The SMILES string of the molecule is CC(=O)N1CC2CN(C(=O)c3ccc(Cl)cc3)CC2C1. The third-order valence-corrected chi connectivity index (χ3v) is 4.56. The Morgan fingerprint density at radius 1 is 1.00 bits per heavy atom. The second-order valence-electron chi connectivity index (χ2n) is 5.66. The van der Waals surface area contributed by atoms with Crippen LogP contribution in [0.2, 0.25) is 5.02 Å². The molecule has 0 aliphatic carbocycles. The lowest BCUT2D eigenvalue weighted by atomic mass is 10.0. The minimum absolute atomic E-state index is 0.0606. The number of rotatable bonds is 1. The highest BCUT2D eigenvalue weighted by Gasteiger charge is 2.42. The van der Waals surface area contributed by atoms with Crippen LogP contribution in [0.15, 0.2) is 24.3 Å². The number of hydrogen-bond donors (Lipinski definition) is 0. The Hall–Kier alpha value is -1.55. The van der Waals surface area contributed by atoms with Crippen LogP contribution in [0.1, 0.15) is 17.3 Å². The van der Waals surface area contributed by atoms with Crippen molar-refractivity contribution in [2.75, 3.05) is 26.2 Å². The van der Waals surface area contributed by atoms with E-state index in [-0.39, 0.29) is 11.8 Å². The van der Waals surface area contributed by atoms with E-state index in [2.05, 4.69) is 0 Å². The zero-order chi connectivity index (χ0) is 14.3. The minimum atomic E-state index is 0.0606. The van der Waals surface area contributed by atoms with Crippen LogP contribution < -0.4 is 0 Å². The molecule has 2 atom stereocenters. The molecule has 0 bridgehead atoms. The Morgan fingerprint density at radius 2 is 1.50 bits per heavy atom. The molecule has 1 aromatic carbocycles. The summed E-state index contributed by atoms with van der Waals surface area (Å²) in [6.07, 6.45) is 0. The van der Waals surface area contributed by atoms with E-state index in [0.717, 1.165) is 26.2 Å². The Labute approximate surface area is 123 Å². The molecule has 4 nitrogen and oxygen atoms in total. The van der Waals surface area contributed by atoms with Crippen LogP contribution in [0.4, 0.5) is 0 Å². The first-order valence-corrected chi connectivity index (χ1v) is 7.23. The van der Waals surface area contributed by atoms with Gasteiger partial charge in [-0.15, -0.1) is 0 Å². The highest BCUT2D eigenvalue weighted by molar-refractivity contribution is 6.30. The van der Waals surface area contributed by atoms with Crippen molar-refractivity contribution in [3.05, 3.63) is 34.9 Å². The van der Waals surface area contributed by atoms with Gasteiger partial charge < -0.3 is 9.80 Å². The summed E-state index contributed by atoms with van der Waals surface area (Å²) in [7, 11) is 0. The molecule has 2 heterocycles. The Bertz CT molecular complexity index is 529. The monoisotopic (exact) mass is 292 g/mol. The topological polar surface area (TPSA) is 40.6 Å². The van der Waals surface area contributed by atoms with Crippen molar-refractivity contribution >= 4 is 23.4 Å². The molecular weight excluding hydrogens is 276 g/mol. The van der Waals surface area contributed by atoms with Gasteiger partial charge in [-0.2, -0.15) is 0 Å². The lowest BCUT2D eigenvalue weighted by Crippen LogP contribution is -2.34. The first-order chi connectivity index (χ1) is 9.54. The molecule has 2 unspecified atom stereocenters. The van der Waals surface area contributed by atoms with Crippen molar-refractivity contribution in [2.45, 2.75) is 6.92 Å². The molecule has 5 heteroatoms. The Balaban J connectivity index is 1.66. The average Bonchev–Trinajstić information content (AvgIpc) is 2.96. The fourth-order valence-corrected chi connectivity index (χ4v) is 3.32. The molecule has 2 aliphatic heterocycles. The molecule has 0 aromatic heterocycles. The summed E-state index contributed by atoms with van der Waals surface area (Å²) < 4.78 is 0. The van der Waals surface area contributed by atoms with Crippen molar-refractivity contribution < 1.29 is 9.59 Å². The van der Waals surface area contributed by atoms with E-state index < -0.39 is 0 Å². The Morgan fingerprint density at radius 3 is 2.00 bits per heavy atom. The predicted octanol–water partition coefficient (Wildman–Crippen LogP) is 1.89.